The van der Waals surface area contributed by atoms with E-state index in [1.54, 1.807) is 10.7 Å². The Balaban J connectivity index is 1.28. The Morgan fingerprint density at radius 2 is 1.91 bits per heavy atom. The average Bonchev–Trinajstić information content (AvgIpc) is 3.19. The van der Waals surface area contributed by atoms with E-state index in [1.165, 1.54) is 80.4 Å². The summed E-state index contributed by atoms with van der Waals surface area (Å²) in [7, 11) is 0. The molecule has 0 amide bonds. The Morgan fingerprint density at radius 1 is 1.06 bits per heavy atom. The standard InChI is InChI=1S/C25H33N5O2/c1-18-13-20(7-10-28(18)17-19-5-3-2-4-6-19)14-21-8-12-30-22(15-21)23(16-26-30)29-11-9-24(31)27-25(29)32/h8-9,11-12,15-16,18-20H,2-7,10,13-14,17H2,1H3,(H,27,31,32)/t18-,20-/m0/s1. The van der Waals surface area contributed by atoms with E-state index >= 15 is 0 Å². The van der Waals surface area contributed by atoms with E-state index in [4.69, 9.17) is 0 Å². The zero-order chi connectivity index (χ0) is 22.1. The summed E-state index contributed by atoms with van der Waals surface area (Å²) in [5.74, 6) is 1.58. The van der Waals surface area contributed by atoms with Crippen molar-refractivity contribution >= 4 is 5.52 Å². The number of nitrogens with one attached hydrogen (secondary N) is 1. The van der Waals surface area contributed by atoms with E-state index in [0.29, 0.717) is 17.6 Å². The summed E-state index contributed by atoms with van der Waals surface area (Å²) < 4.78 is 3.23. The lowest BCUT2D eigenvalue weighted by Crippen LogP contribution is -2.43. The number of H-pyrrole nitrogens is 1. The van der Waals surface area contributed by atoms with Crippen LogP contribution in [0.15, 0.2) is 46.4 Å². The fourth-order valence-electron chi connectivity index (χ4n) is 5.74. The lowest BCUT2D eigenvalue weighted by Gasteiger charge is -2.40. The van der Waals surface area contributed by atoms with Crippen molar-refractivity contribution in [3.05, 3.63) is 63.2 Å². The van der Waals surface area contributed by atoms with Gasteiger partial charge in [0.25, 0.3) is 5.56 Å². The monoisotopic (exact) mass is 435 g/mol. The minimum Gasteiger partial charge on any atom is -0.300 e. The zero-order valence-corrected chi connectivity index (χ0v) is 18.9. The van der Waals surface area contributed by atoms with Gasteiger partial charge in [-0.05, 0) is 75.1 Å². The Kier molecular flexibility index (Phi) is 6.00. The van der Waals surface area contributed by atoms with Gasteiger partial charge < -0.3 is 4.90 Å². The lowest BCUT2D eigenvalue weighted by molar-refractivity contribution is 0.0948. The minimum absolute atomic E-state index is 0.396. The van der Waals surface area contributed by atoms with Crippen LogP contribution in [0.1, 0.15) is 57.4 Å². The Bertz CT molecular complexity index is 1190. The second kappa shape index (κ2) is 9.06. The number of hydrogen-bond donors (Lipinski definition) is 1. The predicted octanol–water partition coefficient (Wildman–Crippen LogP) is 3.40. The van der Waals surface area contributed by atoms with Crippen LogP contribution >= 0.6 is 0 Å². The molecule has 2 aliphatic rings. The molecule has 7 heteroatoms. The first-order valence-corrected chi connectivity index (χ1v) is 12.1. The van der Waals surface area contributed by atoms with E-state index in [1.807, 2.05) is 6.20 Å². The zero-order valence-electron chi connectivity index (χ0n) is 18.9. The van der Waals surface area contributed by atoms with Gasteiger partial charge in [-0.3, -0.25) is 14.3 Å². The topological polar surface area (TPSA) is 75.4 Å². The highest BCUT2D eigenvalue weighted by molar-refractivity contribution is 5.64. The van der Waals surface area contributed by atoms with E-state index in [0.717, 1.165) is 17.9 Å². The summed E-state index contributed by atoms with van der Waals surface area (Å²) in [4.78, 5) is 28.7. The fourth-order valence-corrected chi connectivity index (χ4v) is 5.74. The van der Waals surface area contributed by atoms with Crippen LogP contribution in [0.4, 0.5) is 0 Å². The van der Waals surface area contributed by atoms with Crippen LogP contribution in [-0.2, 0) is 6.42 Å². The number of fused-ring (bicyclic) bond motifs is 1. The van der Waals surface area contributed by atoms with Crippen LogP contribution in [0.25, 0.3) is 11.2 Å². The first kappa shape index (κ1) is 21.2. The maximum absolute atomic E-state index is 12.3. The van der Waals surface area contributed by atoms with E-state index in [2.05, 4.69) is 34.0 Å². The van der Waals surface area contributed by atoms with Crippen LogP contribution in [-0.4, -0.2) is 43.2 Å². The summed E-state index contributed by atoms with van der Waals surface area (Å²) in [5.41, 5.74) is 1.99. The van der Waals surface area contributed by atoms with Crippen LogP contribution in [0, 0.1) is 11.8 Å². The van der Waals surface area contributed by atoms with Gasteiger partial charge >= 0.3 is 5.69 Å². The molecule has 1 saturated heterocycles. The largest absolute Gasteiger partial charge is 0.333 e. The van der Waals surface area contributed by atoms with Crippen LogP contribution in [0.3, 0.4) is 0 Å². The molecule has 2 fully saturated rings. The smallest absolute Gasteiger partial charge is 0.300 e. The molecular weight excluding hydrogens is 402 g/mol. The van der Waals surface area contributed by atoms with Crippen molar-refractivity contribution in [2.24, 2.45) is 11.8 Å². The summed E-state index contributed by atoms with van der Waals surface area (Å²) in [6.45, 7) is 4.89. The van der Waals surface area contributed by atoms with Crippen molar-refractivity contribution in [1.29, 1.82) is 0 Å². The summed E-state index contributed by atoms with van der Waals surface area (Å²) in [5, 5.41) is 4.38. The number of piperidine rings is 1. The molecule has 0 aromatic carbocycles. The molecule has 0 radical (unpaired) electrons. The van der Waals surface area contributed by atoms with Gasteiger partial charge in [0.2, 0.25) is 0 Å². The second-order valence-electron chi connectivity index (χ2n) is 9.82. The van der Waals surface area contributed by atoms with E-state index < -0.39 is 11.2 Å². The molecule has 32 heavy (non-hydrogen) atoms. The molecule has 170 valence electrons. The highest BCUT2D eigenvalue weighted by Gasteiger charge is 2.28. The molecule has 1 aliphatic carbocycles. The minimum atomic E-state index is -0.447. The molecule has 3 aromatic rings. The number of hydrogen-bond acceptors (Lipinski definition) is 4. The first-order valence-electron chi connectivity index (χ1n) is 12.1. The van der Waals surface area contributed by atoms with Crippen molar-refractivity contribution < 1.29 is 0 Å². The lowest BCUT2D eigenvalue weighted by atomic mass is 9.84. The number of aromatic amines is 1. The van der Waals surface area contributed by atoms with Crippen molar-refractivity contribution in [2.45, 2.75) is 64.3 Å². The maximum atomic E-state index is 12.3. The summed E-state index contributed by atoms with van der Waals surface area (Å²) in [6.07, 6.45) is 15.8. The number of rotatable bonds is 5. The van der Waals surface area contributed by atoms with Crippen molar-refractivity contribution in [3.8, 4) is 5.69 Å². The second-order valence-corrected chi connectivity index (χ2v) is 9.82. The van der Waals surface area contributed by atoms with Crippen molar-refractivity contribution in [2.75, 3.05) is 13.1 Å². The Hall–Kier alpha value is -2.67. The quantitative estimate of drug-likeness (QED) is 0.667. The molecule has 0 bridgehead atoms. The van der Waals surface area contributed by atoms with Gasteiger partial charge in [0.05, 0.1) is 17.4 Å². The SMILES string of the molecule is C[C@H]1C[C@@H](Cc2ccn3ncc(-n4ccc(=O)[nH]c4=O)c3c2)CCN1CC1CCCCC1. The van der Waals surface area contributed by atoms with E-state index in [-0.39, 0.29) is 0 Å². The highest BCUT2D eigenvalue weighted by Crippen LogP contribution is 2.30. The van der Waals surface area contributed by atoms with Gasteiger partial charge in [-0.1, -0.05) is 19.3 Å². The Labute approximate surface area is 188 Å². The normalized spacial score (nSPS) is 23.0. The summed E-state index contributed by atoms with van der Waals surface area (Å²) in [6, 6.07) is 6.28. The number of aromatic nitrogens is 4. The molecule has 5 rings (SSSR count). The number of pyridine rings is 1. The third kappa shape index (κ3) is 4.44. The van der Waals surface area contributed by atoms with Crippen LogP contribution in [0.5, 0.6) is 0 Å². The van der Waals surface area contributed by atoms with Crippen LogP contribution in [0.2, 0.25) is 0 Å². The van der Waals surface area contributed by atoms with Gasteiger partial charge in [0.1, 0.15) is 0 Å². The van der Waals surface area contributed by atoms with Crippen molar-refractivity contribution in [1.82, 2.24) is 24.1 Å². The number of nitrogens with zero attached hydrogens (tertiary/aromatic N) is 4. The van der Waals surface area contributed by atoms with E-state index in [9.17, 15) is 9.59 Å². The average molecular weight is 436 g/mol. The first-order chi connectivity index (χ1) is 15.6. The molecule has 0 unspecified atom stereocenters. The van der Waals surface area contributed by atoms with Crippen molar-refractivity contribution in [3.63, 3.8) is 0 Å². The predicted molar refractivity (Wildman–Crippen MR) is 125 cm³/mol. The molecule has 4 heterocycles. The third-order valence-electron chi connectivity index (χ3n) is 7.51. The molecule has 1 saturated carbocycles. The molecule has 3 aromatic heterocycles. The fraction of sp³-hybridized carbons (Fsp3) is 0.560. The summed E-state index contributed by atoms with van der Waals surface area (Å²) >= 11 is 0. The molecule has 0 spiro atoms. The molecule has 1 N–H and O–H groups in total. The number of likely N-dealkylation sites (tertiary alicyclic amines) is 1. The maximum Gasteiger partial charge on any atom is 0.333 e. The molecule has 1 aliphatic heterocycles. The Morgan fingerprint density at radius 3 is 2.69 bits per heavy atom. The van der Waals surface area contributed by atoms with Crippen LogP contribution < -0.4 is 11.2 Å². The molecular formula is C25H33N5O2. The van der Waals surface area contributed by atoms with Gasteiger partial charge in [-0.25, -0.2) is 9.31 Å². The third-order valence-corrected chi connectivity index (χ3v) is 7.51. The molecule has 7 nitrogen and oxygen atoms in total. The molecule has 2 atom stereocenters. The van der Waals surface area contributed by atoms with Gasteiger partial charge in [0.15, 0.2) is 0 Å². The van der Waals surface area contributed by atoms with Gasteiger partial charge in [-0.15, -0.1) is 0 Å². The van der Waals surface area contributed by atoms with Gasteiger partial charge in [-0.2, -0.15) is 5.10 Å². The highest BCUT2D eigenvalue weighted by atomic mass is 16.2. The van der Waals surface area contributed by atoms with Gasteiger partial charge in [0, 0.05) is 31.0 Å².